The molecule has 2 aromatic heterocycles. The van der Waals surface area contributed by atoms with Gasteiger partial charge in [0.15, 0.2) is 0 Å². The summed E-state index contributed by atoms with van der Waals surface area (Å²) in [6.45, 7) is 3.61. The topological polar surface area (TPSA) is 307 Å². The van der Waals surface area contributed by atoms with E-state index in [0.717, 1.165) is 54.6 Å². The molecule has 26 heteroatoms. The molecule has 12 rings (SSSR count). The molecule has 2 N–H and O–H groups in total. The second-order valence-corrected chi connectivity index (χ2v) is 23.1. The van der Waals surface area contributed by atoms with Crippen LogP contribution in [0.2, 0.25) is 0 Å². The Morgan fingerprint density at radius 3 is 1.03 bits per heavy atom. The number of nitrogens with zero attached hydrogens (tertiary/aromatic N) is 10. The second kappa shape index (κ2) is 30.5. The van der Waals surface area contributed by atoms with E-state index in [1.165, 1.54) is 24.3 Å². The quantitative estimate of drug-likeness (QED) is 0.0303. The van der Waals surface area contributed by atoms with Crippen molar-refractivity contribution < 1.29 is 77.0 Å². The van der Waals surface area contributed by atoms with Crippen LogP contribution in [0.5, 0.6) is 0 Å². The number of carbonyl (C=O) groups is 8. The summed E-state index contributed by atoms with van der Waals surface area (Å²) in [7, 11) is 0. The zero-order valence-corrected chi connectivity index (χ0v) is 52.6. The SMILES string of the molecule is O=C(O)CCCC(=O)N1Cc2ccccc2-c2nnn(CCOCCOCCOCCN3C(=O)c4ccc5c6c(ccc(c46)C3=O)C(=O)N(CCOCCOCCOCCn3nnc4c3-c3ccccc3N(C(=O)CCCC(=O)O)Cc3ccccc3-4)C5=O)c2-c2ccccc21. The largest absolute Gasteiger partial charge is 0.481 e. The molecule has 0 unspecified atom stereocenters. The molecule has 0 fully saturated rings. The molecule has 0 spiro atoms. The van der Waals surface area contributed by atoms with Gasteiger partial charge in [-0.25, -0.2) is 9.36 Å². The fraction of sp³-hybridized carbons (Fsp3) is 0.343. The van der Waals surface area contributed by atoms with Crippen LogP contribution >= 0.6 is 0 Å². The smallest absolute Gasteiger partial charge is 0.303 e. The van der Waals surface area contributed by atoms with Gasteiger partial charge in [0.05, 0.1) is 141 Å². The van der Waals surface area contributed by atoms with Crippen molar-refractivity contribution in [2.75, 3.05) is 102 Å². The van der Waals surface area contributed by atoms with Crippen LogP contribution in [0.3, 0.4) is 0 Å². The van der Waals surface area contributed by atoms with Crippen molar-refractivity contribution in [3.05, 3.63) is 155 Å². The summed E-state index contributed by atoms with van der Waals surface area (Å²) < 4.78 is 38.4. The van der Waals surface area contributed by atoms with Gasteiger partial charge in [0.2, 0.25) is 11.8 Å². The Morgan fingerprint density at radius 2 is 0.677 bits per heavy atom. The monoisotopic (exact) mass is 1310 g/mol. The molecule has 0 radical (unpaired) electrons. The number of imide groups is 2. The summed E-state index contributed by atoms with van der Waals surface area (Å²) in [6.07, 6.45) is 0.391. The van der Waals surface area contributed by atoms with E-state index in [9.17, 15) is 48.6 Å². The third-order valence-electron chi connectivity index (χ3n) is 17.1. The van der Waals surface area contributed by atoms with Gasteiger partial charge in [0.25, 0.3) is 23.6 Å². The fourth-order valence-electron chi connectivity index (χ4n) is 12.5. The van der Waals surface area contributed by atoms with E-state index in [1.54, 1.807) is 19.2 Å². The van der Waals surface area contributed by atoms with Gasteiger partial charge in [-0.15, -0.1) is 10.2 Å². The number of ether oxygens (including phenoxy) is 6. The number of para-hydroxylation sites is 2. The Morgan fingerprint density at radius 1 is 0.365 bits per heavy atom. The maximum atomic E-state index is 13.9. The van der Waals surface area contributed by atoms with E-state index < -0.39 is 35.6 Å². The Bertz CT molecular complexity index is 3940. The first-order valence-corrected chi connectivity index (χ1v) is 31.9. The minimum absolute atomic E-state index is 0.0307. The number of rotatable bonds is 32. The molecule has 0 saturated heterocycles. The zero-order valence-electron chi connectivity index (χ0n) is 52.6. The minimum atomic E-state index is -0.953. The number of aromatic nitrogens is 6. The third kappa shape index (κ3) is 14.1. The third-order valence-corrected chi connectivity index (χ3v) is 17.1. The molecule has 26 nitrogen and oxygen atoms in total. The zero-order chi connectivity index (χ0) is 66.7. The van der Waals surface area contributed by atoms with Gasteiger partial charge in [-0.3, -0.25) is 48.2 Å². The van der Waals surface area contributed by atoms with Crippen LogP contribution in [0.4, 0.5) is 11.4 Å². The lowest BCUT2D eigenvalue weighted by Gasteiger charge is -2.31. The second-order valence-electron chi connectivity index (χ2n) is 23.1. The first-order chi connectivity index (χ1) is 46.9. The van der Waals surface area contributed by atoms with Gasteiger partial charge in [0.1, 0.15) is 11.4 Å². The molecule has 4 aliphatic rings. The highest BCUT2D eigenvalue weighted by atomic mass is 16.5. The number of carbonyl (C=O) groups excluding carboxylic acids is 6. The summed E-state index contributed by atoms with van der Waals surface area (Å²) in [5.41, 5.74) is 9.88. The lowest BCUT2D eigenvalue weighted by atomic mass is 9.86. The standard InChI is InChI=1S/C70H70N10O16/c81-57(19-9-21-59(83)84)77-43-45-11-1-3-13-47(45)63-65(49-15-5-7-17-55(49)77)79(73-71-63)29-33-93-37-41-95-39-35-91-31-27-75-67(87)51-23-25-53-62-54(26-24-52(61(51)62)68(75)88)70(90)76(69(53)89)28-32-92-36-40-96-42-38-94-34-30-80-66-50-16-6-8-18-56(50)78(58(82)20-10-22-60(85)86)44-46-12-2-4-14-48(46)64(66)72-74-80/h1-8,11-18,23-26H,9-10,19-22,27-44H2,(H,83,84)(H,85,86). The number of fused-ring (bicyclic) bond motifs is 10. The Kier molecular flexibility index (Phi) is 20.9. The van der Waals surface area contributed by atoms with Crippen LogP contribution in [0.15, 0.2) is 121 Å². The Balaban J connectivity index is 0.552. The molecule has 6 amide bonds. The Labute approximate surface area is 550 Å². The predicted molar refractivity (Wildman–Crippen MR) is 347 cm³/mol. The fourth-order valence-corrected chi connectivity index (χ4v) is 12.5. The molecule has 496 valence electrons. The van der Waals surface area contributed by atoms with E-state index in [4.69, 9.17) is 28.4 Å². The number of carboxylic acids is 2. The van der Waals surface area contributed by atoms with Gasteiger partial charge in [-0.2, -0.15) is 0 Å². The van der Waals surface area contributed by atoms with Gasteiger partial charge in [-0.1, -0.05) is 95.4 Å². The summed E-state index contributed by atoms with van der Waals surface area (Å²) in [6, 6.07) is 36.5. The van der Waals surface area contributed by atoms with Crippen LogP contribution in [0.25, 0.3) is 55.8 Å². The minimum Gasteiger partial charge on any atom is -0.481 e. The summed E-state index contributed by atoms with van der Waals surface area (Å²) in [5, 5.41) is 37.1. The maximum Gasteiger partial charge on any atom is 0.303 e. The molecule has 0 bridgehead atoms. The van der Waals surface area contributed by atoms with Gasteiger partial charge >= 0.3 is 11.9 Å². The normalized spacial score (nSPS) is 13.7. The van der Waals surface area contributed by atoms with Gasteiger partial charge < -0.3 is 48.4 Å². The highest BCUT2D eigenvalue weighted by molar-refractivity contribution is 6.33. The number of hydrogen-bond donors (Lipinski definition) is 2. The molecule has 0 saturated carbocycles. The van der Waals surface area contributed by atoms with E-state index in [2.05, 4.69) is 20.6 Å². The highest BCUT2D eigenvalue weighted by Gasteiger charge is 2.40. The number of hydrogen-bond acceptors (Lipinski definition) is 18. The van der Waals surface area contributed by atoms with E-state index in [0.29, 0.717) is 35.9 Å². The molecule has 4 aliphatic heterocycles. The molecular formula is C70H70N10O16. The first-order valence-electron chi connectivity index (χ1n) is 31.9. The van der Waals surface area contributed by atoms with Crippen molar-refractivity contribution in [2.45, 2.75) is 64.7 Å². The van der Waals surface area contributed by atoms with Crippen molar-refractivity contribution in [1.29, 1.82) is 0 Å². The van der Waals surface area contributed by atoms with Crippen molar-refractivity contribution in [3.8, 4) is 45.0 Å². The van der Waals surface area contributed by atoms with Crippen molar-refractivity contribution in [3.63, 3.8) is 0 Å². The average molecular weight is 1310 g/mol. The number of aliphatic carboxylic acids is 2. The summed E-state index contributed by atoms with van der Waals surface area (Å²) in [5.74, 6) is -4.56. The maximum absolute atomic E-state index is 13.9. The molecule has 6 heterocycles. The number of benzene rings is 6. The van der Waals surface area contributed by atoms with Gasteiger partial charge in [-0.05, 0) is 60.4 Å². The van der Waals surface area contributed by atoms with E-state index >= 15 is 0 Å². The molecule has 0 aliphatic carbocycles. The van der Waals surface area contributed by atoms with E-state index in [-0.39, 0.29) is 189 Å². The lowest BCUT2D eigenvalue weighted by Crippen LogP contribution is -2.45. The summed E-state index contributed by atoms with van der Waals surface area (Å²) >= 11 is 0. The molecule has 6 aromatic carbocycles. The average Bonchev–Trinajstić information content (AvgIpc) is 0.883. The van der Waals surface area contributed by atoms with Crippen LogP contribution in [-0.2, 0) is 73.8 Å². The molecular weight excluding hydrogens is 1240 g/mol. The van der Waals surface area contributed by atoms with Crippen molar-refractivity contribution >= 4 is 69.5 Å². The number of amides is 6. The number of carboxylic acid groups (broad SMARTS) is 2. The van der Waals surface area contributed by atoms with Crippen LogP contribution in [0, 0.1) is 0 Å². The lowest BCUT2D eigenvalue weighted by molar-refractivity contribution is -0.138. The van der Waals surface area contributed by atoms with E-state index in [1.807, 2.05) is 97.1 Å². The van der Waals surface area contributed by atoms with Crippen LogP contribution < -0.4 is 9.80 Å². The highest BCUT2D eigenvalue weighted by Crippen LogP contribution is 2.44. The molecule has 8 aromatic rings. The Hall–Kier alpha value is -10.2. The van der Waals surface area contributed by atoms with Crippen LogP contribution in [0.1, 0.15) is 91.1 Å². The molecule has 96 heavy (non-hydrogen) atoms. The van der Waals surface area contributed by atoms with Crippen molar-refractivity contribution in [2.24, 2.45) is 0 Å². The van der Waals surface area contributed by atoms with Crippen molar-refractivity contribution in [1.82, 2.24) is 39.8 Å². The van der Waals surface area contributed by atoms with Gasteiger partial charge in [0, 0.05) is 81.0 Å². The summed E-state index contributed by atoms with van der Waals surface area (Å²) in [4.78, 5) is 111. The predicted octanol–water partition coefficient (Wildman–Crippen LogP) is 7.59. The molecule has 0 atom stereocenters. The first kappa shape index (κ1) is 65.8. The van der Waals surface area contributed by atoms with Crippen LogP contribution in [-0.4, -0.2) is 190 Å². The number of anilines is 2.